The number of carbonyl (C=O) groups excluding carboxylic acids is 1. The minimum Gasteiger partial charge on any atom is -0.481 e. The first-order chi connectivity index (χ1) is 7.36. The lowest BCUT2D eigenvalue weighted by atomic mass is 9.80. The van der Waals surface area contributed by atoms with Gasteiger partial charge in [-0.1, -0.05) is 20.8 Å². The minimum atomic E-state index is -1.13. The largest absolute Gasteiger partial charge is 0.481 e. The second-order valence-corrected chi connectivity index (χ2v) is 6.14. The summed E-state index contributed by atoms with van der Waals surface area (Å²) in [6, 6.07) is 0. The van der Waals surface area contributed by atoms with Crippen LogP contribution in [0.1, 0.15) is 34.6 Å². The zero-order chi connectivity index (χ0) is 14.0. The van der Waals surface area contributed by atoms with E-state index in [2.05, 4.69) is 0 Å². The third kappa shape index (κ3) is 5.17. The summed E-state index contributed by atoms with van der Waals surface area (Å²) in [5.74, 6) is -2.72. The van der Waals surface area contributed by atoms with Crippen LogP contribution in [0.5, 0.6) is 0 Å². The second kappa shape index (κ2) is 5.04. The molecule has 100 valence electrons. The monoisotopic (exact) mass is 245 g/mol. The van der Waals surface area contributed by atoms with Crippen LogP contribution in [0.4, 0.5) is 0 Å². The number of likely N-dealkylation sites (N-methyl/N-ethyl adjacent to an activating group) is 1. The van der Waals surface area contributed by atoms with Crippen LogP contribution in [-0.4, -0.2) is 46.2 Å². The van der Waals surface area contributed by atoms with E-state index in [-0.39, 0.29) is 6.54 Å². The van der Waals surface area contributed by atoms with Crippen LogP contribution in [0.2, 0.25) is 0 Å². The van der Waals surface area contributed by atoms with Crippen molar-refractivity contribution >= 4 is 11.9 Å². The standard InChI is InChI=1S/C12H23NO4/c1-11(2,3)8(10(15)16)9(14)13(6)7-12(4,5)17/h8,17H,7H2,1-6H3,(H,15,16). The van der Waals surface area contributed by atoms with Gasteiger partial charge in [0.05, 0.1) is 5.60 Å². The molecule has 0 saturated carbocycles. The molecule has 2 N–H and O–H groups in total. The van der Waals surface area contributed by atoms with Crippen LogP contribution in [0, 0.1) is 11.3 Å². The van der Waals surface area contributed by atoms with Crippen molar-refractivity contribution in [1.29, 1.82) is 0 Å². The number of carboxylic acids is 1. The fourth-order valence-corrected chi connectivity index (χ4v) is 1.73. The number of hydrogen-bond donors (Lipinski definition) is 2. The normalized spacial score (nSPS) is 14.3. The topological polar surface area (TPSA) is 77.8 Å². The van der Waals surface area contributed by atoms with Crippen molar-refractivity contribution < 1.29 is 19.8 Å². The molecule has 0 aliphatic heterocycles. The molecule has 0 heterocycles. The highest BCUT2D eigenvalue weighted by Crippen LogP contribution is 2.28. The van der Waals surface area contributed by atoms with E-state index in [1.807, 2.05) is 0 Å². The summed E-state index contributed by atoms with van der Waals surface area (Å²) in [7, 11) is 1.50. The molecule has 5 nitrogen and oxygen atoms in total. The quantitative estimate of drug-likeness (QED) is 0.723. The van der Waals surface area contributed by atoms with Crippen molar-refractivity contribution in [1.82, 2.24) is 4.90 Å². The van der Waals surface area contributed by atoms with Gasteiger partial charge >= 0.3 is 5.97 Å². The molecular weight excluding hydrogens is 222 g/mol. The van der Waals surface area contributed by atoms with Crippen LogP contribution < -0.4 is 0 Å². The summed E-state index contributed by atoms with van der Waals surface area (Å²) in [6.45, 7) is 8.38. The zero-order valence-electron chi connectivity index (χ0n) is 11.4. The second-order valence-electron chi connectivity index (χ2n) is 6.14. The first kappa shape index (κ1) is 15.9. The van der Waals surface area contributed by atoms with Gasteiger partial charge in [-0.05, 0) is 19.3 Å². The Morgan fingerprint density at radius 3 is 1.82 bits per heavy atom. The number of aliphatic hydroxyl groups is 1. The van der Waals surface area contributed by atoms with Gasteiger partial charge in [-0.3, -0.25) is 9.59 Å². The molecule has 0 aliphatic rings. The number of hydrogen-bond acceptors (Lipinski definition) is 3. The third-order valence-corrected chi connectivity index (χ3v) is 2.36. The van der Waals surface area contributed by atoms with Crippen molar-refractivity contribution in [2.45, 2.75) is 40.2 Å². The van der Waals surface area contributed by atoms with E-state index in [1.165, 1.54) is 11.9 Å². The van der Waals surface area contributed by atoms with Crippen molar-refractivity contribution in [3.8, 4) is 0 Å². The van der Waals surface area contributed by atoms with Gasteiger partial charge in [0.2, 0.25) is 5.91 Å². The maximum absolute atomic E-state index is 12.0. The molecule has 0 aromatic rings. The van der Waals surface area contributed by atoms with E-state index in [0.29, 0.717) is 0 Å². The van der Waals surface area contributed by atoms with Crippen LogP contribution in [-0.2, 0) is 9.59 Å². The van der Waals surface area contributed by atoms with Gasteiger partial charge < -0.3 is 15.1 Å². The maximum atomic E-state index is 12.0. The van der Waals surface area contributed by atoms with E-state index in [0.717, 1.165) is 0 Å². The summed E-state index contributed by atoms with van der Waals surface area (Å²) in [4.78, 5) is 24.5. The average Bonchev–Trinajstić information content (AvgIpc) is 1.96. The van der Waals surface area contributed by atoms with Crippen LogP contribution in [0.25, 0.3) is 0 Å². The van der Waals surface area contributed by atoms with Crippen molar-refractivity contribution in [2.75, 3.05) is 13.6 Å². The first-order valence-corrected chi connectivity index (χ1v) is 5.56. The molecule has 0 bridgehead atoms. The maximum Gasteiger partial charge on any atom is 0.316 e. The number of rotatable bonds is 4. The van der Waals surface area contributed by atoms with E-state index in [1.54, 1.807) is 34.6 Å². The summed E-state index contributed by atoms with van der Waals surface area (Å²) < 4.78 is 0. The summed E-state index contributed by atoms with van der Waals surface area (Å²) in [6.07, 6.45) is 0. The number of carbonyl (C=O) groups is 2. The highest BCUT2D eigenvalue weighted by molar-refractivity contribution is 5.97. The van der Waals surface area contributed by atoms with Crippen molar-refractivity contribution in [3.63, 3.8) is 0 Å². The predicted molar refractivity (Wildman–Crippen MR) is 64.5 cm³/mol. The van der Waals surface area contributed by atoms with Crippen molar-refractivity contribution in [3.05, 3.63) is 0 Å². The lowest BCUT2D eigenvalue weighted by molar-refractivity contribution is -0.156. The highest BCUT2D eigenvalue weighted by Gasteiger charge is 2.40. The lowest BCUT2D eigenvalue weighted by Gasteiger charge is -2.32. The Morgan fingerprint density at radius 1 is 1.18 bits per heavy atom. The van der Waals surface area contributed by atoms with E-state index in [9.17, 15) is 14.7 Å². The Hall–Kier alpha value is -1.10. The molecular formula is C12H23NO4. The number of nitrogens with zero attached hydrogens (tertiary/aromatic N) is 1. The van der Waals surface area contributed by atoms with Gasteiger partial charge in [0.15, 0.2) is 0 Å². The van der Waals surface area contributed by atoms with Gasteiger partial charge in [0, 0.05) is 13.6 Å². The van der Waals surface area contributed by atoms with Gasteiger partial charge in [0.1, 0.15) is 5.92 Å². The summed E-state index contributed by atoms with van der Waals surface area (Å²) in [5.41, 5.74) is -1.69. The molecule has 1 atom stereocenters. The van der Waals surface area contributed by atoms with Gasteiger partial charge in [-0.2, -0.15) is 0 Å². The molecule has 0 radical (unpaired) electrons. The van der Waals surface area contributed by atoms with Crippen LogP contribution >= 0.6 is 0 Å². The van der Waals surface area contributed by atoms with Gasteiger partial charge in [-0.15, -0.1) is 0 Å². The molecule has 0 rings (SSSR count). The average molecular weight is 245 g/mol. The van der Waals surface area contributed by atoms with Crippen LogP contribution in [0.15, 0.2) is 0 Å². The summed E-state index contributed by atoms with van der Waals surface area (Å²) >= 11 is 0. The lowest BCUT2D eigenvalue weighted by Crippen LogP contribution is -2.47. The number of aliphatic carboxylic acids is 1. The van der Waals surface area contributed by atoms with Crippen molar-refractivity contribution in [2.24, 2.45) is 11.3 Å². The molecule has 0 fully saturated rings. The molecule has 0 aromatic carbocycles. The molecule has 1 unspecified atom stereocenters. The Morgan fingerprint density at radius 2 is 1.59 bits per heavy atom. The molecule has 0 spiro atoms. The number of amides is 1. The highest BCUT2D eigenvalue weighted by atomic mass is 16.4. The molecule has 0 saturated heterocycles. The molecule has 0 aromatic heterocycles. The van der Waals surface area contributed by atoms with Crippen LogP contribution in [0.3, 0.4) is 0 Å². The number of carboxylic acid groups (broad SMARTS) is 1. The van der Waals surface area contributed by atoms with E-state index >= 15 is 0 Å². The smallest absolute Gasteiger partial charge is 0.316 e. The third-order valence-electron chi connectivity index (χ3n) is 2.36. The molecule has 1 amide bonds. The van der Waals surface area contributed by atoms with Gasteiger partial charge in [0.25, 0.3) is 0 Å². The minimum absolute atomic E-state index is 0.103. The zero-order valence-corrected chi connectivity index (χ0v) is 11.4. The van der Waals surface area contributed by atoms with E-state index in [4.69, 9.17) is 5.11 Å². The van der Waals surface area contributed by atoms with Gasteiger partial charge in [-0.25, -0.2) is 0 Å². The Bertz CT molecular complexity index is 299. The Kier molecular flexibility index (Phi) is 4.71. The molecule has 5 heteroatoms. The molecule has 0 aliphatic carbocycles. The fourth-order valence-electron chi connectivity index (χ4n) is 1.73. The SMILES string of the molecule is CN(CC(C)(C)O)C(=O)C(C(=O)O)C(C)(C)C. The first-order valence-electron chi connectivity index (χ1n) is 5.56. The Labute approximate surface area is 102 Å². The van der Waals surface area contributed by atoms with E-state index < -0.39 is 28.8 Å². The fraction of sp³-hybridized carbons (Fsp3) is 0.833. The molecule has 17 heavy (non-hydrogen) atoms. The predicted octanol–water partition coefficient (Wildman–Crippen LogP) is 0.963. The summed E-state index contributed by atoms with van der Waals surface area (Å²) in [5, 5.41) is 18.7. The Balaban J connectivity index is 4.94.